The highest BCUT2D eigenvalue weighted by molar-refractivity contribution is 7.12. The van der Waals surface area contributed by atoms with Gasteiger partial charge in [0.1, 0.15) is 6.54 Å². The first kappa shape index (κ1) is 27.6. The van der Waals surface area contributed by atoms with Gasteiger partial charge in [-0.1, -0.05) is 82.6 Å². The van der Waals surface area contributed by atoms with Gasteiger partial charge < -0.3 is 14.8 Å². The molecule has 0 aliphatic rings. The molecule has 6 heteroatoms. The van der Waals surface area contributed by atoms with Crippen LogP contribution in [-0.4, -0.2) is 46.2 Å². The molecule has 2 heterocycles. The molecule has 2 amide bonds. The molecule has 2 aromatic heterocycles. The lowest BCUT2D eigenvalue weighted by atomic mass is 9.87. The maximum atomic E-state index is 13.8. The van der Waals surface area contributed by atoms with Crippen LogP contribution in [0.5, 0.6) is 0 Å². The van der Waals surface area contributed by atoms with Gasteiger partial charge in [-0.2, -0.15) is 0 Å². The first-order valence-electron chi connectivity index (χ1n) is 13.5. The lowest BCUT2D eigenvalue weighted by molar-refractivity contribution is -0.132. The van der Waals surface area contributed by atoms with Gasteiger partial charge in [-0.15, -0.1) is 11.3 Å². The van der Waals surface area contributed by atoms with Crippen molar-refractivity contribution in [3.05, 3.63) is 93.8 Å². The van der Waals surface area contributed by atoms with Crippen LogP contribution in [0.2, 0.25) is 0 Å². The van der Waals surface area contributed by atoms with Gasteiger partial charge in [-0.05, 0) is 52.5 Å². The maximum absolute atomic E-state index is 13.8. The summed E-state index contributed by atoms with van der Waals surface area (Å²) in [6, 6.07) is 20.5. The van der Waals surface area contributed by atoms with Crippen LogP contribution in [0.1, 0.15) is 66.9 Å². The topological polar surface area (TPSA) is 56.4 Å². The largest absolute Gasteiger partial charge is 0.361 e. The Hall–Kier alpha value is -3.38. The summed E-state index contributed by atoms with van der Waals surface area (Å²) >= 11 is 1.42. The zero-order chi connectivity index (χ0) is 27.1. The molecule has 2 aromatic carbocycles. The third kappa shape index (κ3) is 6.93. The molecule has 200 valence electrons. The molecule has 0 bridgehead atoms. The minimum atomic E-state index is -0.0621. The highest BCUT2D eigenvalue weighted by Crippen LogP contribution is 2.23. The third-order valence-electron chi connectivity index (χ3n) is 7.00. The van der Waals surface area contributed by atoms with Gasteiger partial charge in [0, 0.05) is 36.7 Å². The smallest absolute Gasteiger partial charge is 0.264 e. The number of hydrogen-bond acceptors (Lipinski definition) is 3. The summed E-state index contributed by atoms with van der Waals surface area (Å²) in [5, 5.41) is 3.09. The number of unbranched alkanes of at least 4 members (excludes halogenated alkanes) is 1. The first-order chi connectivity index (χ1) is 18.3. The summed E-state index contributed by atoms with van der Waals surface area (Å²) in [6.45, 7) is 10.5. The van der Waals surface area contributed by atoms with Gasteiger partial charge in [0.05, 0.1) is 4.88 Å². The summed E-state index contributed by atoms with van der Waals surface area (Å²) in [5.41, 5.74) is 4.73. The minimum absolute atomic E-state index is 0.0225. The van der Waals surface area contributed by atoms with Gasteiger partial charge in [-0.25, -0.2) is 0 Å². The Morgan fingerprint density at radius 2 is 1.68 bits per heavy atom. The summed E-state index contributed by atoms with van der Waals surface area (Å²) in [6.07, 6.45) is 4.61. The molecule has 4 aromatic rings. The van der Waals surface area contributed by atoms with E-state index in [1.54, 1.807) is 4.90 Å². The molecule has 0 unspecified atom stereocenters. The molecular formula is C32H39N3O2S. The Balaban J connectivity index is 1.54. The molecule has 0 saturated heterocycles. The van der Waals surface area contributed by atoms with Gasteiger partial charge in [0.15, 0.2) is 0 Å². The number of carbonyl (C=O) groups is 2. The van der Waals surface area contributed by atoms with Crippen LogP contribution in [0.15, 0.2) is 72.2 Å². The standard InChI is InChI=1S/C32H39N3O2S/c1-5-6-18-35(31(37)29-12-9-20-38-29)23-30(36)34(22-24-13-15-26(16-14-24)32(2,3)4)19-17-25-21-33-28-11-8-7-10-27(25)28/h7-16,20-21,33H,5-6,17-19,22-23H2,1-4H3. The van der Waals surface area contributed by atoms with Gasteiger partial charge >= 0.3 is 0 Å². The average molecular weight is 530 g/mol. The molecule has 0 spiro atoms. The van der Waals surface area contributed by atoms with Crippen molar-refractivity contribution in [2.75, 3.05) is 19.6 Å². The van der Waals surface area contributed by atoms with Crippen LogP contribution >= 0.6 is 11.3 Å². The van der Waals surface area contributed by atoms with E-state index in [2.05, 4.69) is 69.1 Å². The number of para-hydroxylation sites is 1. The summed E-state index contributed by atoms with van der Waals surface area (Å²) in [7, 11) is 0. The third-order valence-corrected chi connectivity index (χ3v) is 7.86. The number of benzene rings is 2. The van der Waals surface area contributed by atoms with Crippen molar-refractivity contribution in [3.8, 4) is 0 Å². The van der Waals surface area contributed by atoms with Crippen LogP contribution in [0.4, 0.5) is 0 Å². The Bertz CT molecular complexity index is 1330. The maximum Gasteiger partial charge on any atom is 0.264 e. The number of fused-ring (bicyclic) bond motifs is 1. The highest BCUT2D eigenvalue weighted by Gasteiger charge is 2.23. The number of carbonyl (C=O) groups excluding carboxylic acids is 2. The van der Waals surface area contributed by atoms with Crippen molar-refractivity contribution in [1.29, 1.82) is 0 Å². The van der Waals surface area contributed by atoms with Crippen LogP contribution in [-0.2, 0) is 23.2 Å². The fourth-order valence-corrected chi connectivity index (χ4v) is 5.33. The molecule has 0 saturated carbocycles. The number of aromatic amines is 1. The number of thiophene rings is 1. The van der Waals surface area contributed by atoms with E-state index in [1.807, 2.05) is 40.7 Å². The number of rotatable bonds is 11. The molecule has 0 fully saturated rings. The fourth-order valence-electron chi connectivity index (χ4n) is 4.64. The Morgan fingerprint density at radius 1 is 0.921 bits per heavy atom. The summed E-state index contributed by atoms with van der Waals surface area (Å²) in [5.74, 6) is -0.0846. The Morgan fingerprint density at radius 3 is 2.37 bits per heavy atom. The minimum Gasteiger partial charge on any atom is -0.361 e. The van der Waals surface area contributed by atoms with E-state index in [0.717, 1.165) is 30.3 Å². The number of aromatic nitrogens is 1. The van der Waals surface area contributed by atoms with Crippen LogP contribution in [0.3, 0.4) is 0 Å². The first-order valence-corrected chi connectivity index (χ1v) is 14.4. The van der Waals surface area contributed by atoms with Gasteiger partial charge in [-0.3, -0.25) is 9.59 Å². The average Bonchev–Trinajstić information content (AvgIpc) is 3.59. The van der Waals surface area contributed by atoms with E-state index in [0.29, 0.717) is 24.5 Å². The summed E-state index contributed by atoms with van der Waals surface area (Å²) < 4.78 is 0. The number of H-pyrrole nitrogens is 1. The molecular weight excluding hydrogens is 490 g/mol. The zero-order valence-electron chi connectivity index (χ0n) is 23.0. The summed E-state index contributed by atoms with van der Waals surface area (Å²) in [4.78, 5) is 34.6. The molecule has 0 aliphatic carbocycles. The molecule has 1 N–H and O–H groups in total. The van der Waals surface area contributed by atoms with Crippen molar-refractivity contribution in [2.24, 2.45) is 0 Å². The molecule has 38 heavy (non-hydrogen) atoms. The monoisotopic (exact) mass is 529 g/mol. The molecule has 0 radical (unpaired) electrons. The molecule has 0 aliphatic heterocycles. The lowest BCUT2D eigenvalue weighted by Crippen LogP contribution is -2.43. The van der Waals surface area contributed by atoms with Crippen LogP contribution < -0.4 is 0 Å². The second-order valence-electron chi connectivity index (χ2n) is 10.9. The fraction of sp³-hybridized carbons (Fsp3) is 0.375. The molecule has 5 nitrogen and oxygen atoms in total. The van der Waals surface area contributed by atoms with Gasteiger partial charge in [0.25, 0.3) is 5.91 Å². The Labute approximate surface area is 230 Å². The second kappa shape index (κ2) is 12.4. The van der Waals surface area contributed by atoms with Crippen molar-refractivity contribution >= 4 is 34.1 Å². The number of nitrogens with one attached hydrogen (secondary N) is 1. The van der Waals surface area contributed by atoms with E-state index in [1.165, 1.54) is 27.8 Å². The predicted molar refractivity (Wildman–Crippen MR) is 158 cm³/mol. The highest BCUT2D eigenvalue weighted by atomic mass is 32.1. The van der Waals surface area contributed by atoms with Crippen molar-refractivity contribution in [2.45, 2.75) is 58.9 Å². The van der Waals surface area contributed by atoms with Crippen LogP contribution in [0.25, 0.3) is 10.9 Å². The van der Waals surface area contributed by atoms with E-state index >= 15 is 0 Å². The number of hydrogen-bond donors (Lipinski definition) is 1. The quantitative estimate of drug-likeness (QED) is 0.227. The van der Waals surface area contributed by atoms with E-state index in [4.69, 9.17) is 0 Å². The van der Waals surface area contributed by atoms with Crippen LogP contribution in [0, 0.1) is 0 Å². The number of nitrogens with zero attached hydrogens (tertiary/aromatic N) is 2. The molecule has 4 rings (SSSR count). The van der Waals surface area contributed by atoms with E-state index < -0.39 is 0 Å². The van der Waals surface area contributed by atoms with E-state index in [9.17, 15) is 9.59 Å². The SMILES string of the molecule is CCCCN(CC(=O)N(CCc1c[nH]c2ccccc12)Cc1ccc(C(C)(C)C)cc1)C(=O)c1cccs1. The van der Waals surface area contributed by atoms with E-state index in [-0.39, 0.29) is 23.8 Å². The van der Waals surface area contributed by atoms with Crippen molar-refractivity contribution in [1.82, 2.24) is 14.8 Å². The number of amides is 2. The lowest BCUT2D eigenvalue weighted by Gasteiger charge is -2.28. The predicted octanol–water partition coefficient (Wildman–Crippen LogP) is 7.04. The van der Waals surface area contributed by atoms with Crippen molar-refractivity contribution in [3.63, 3.8) is 0 Å². The second-order valence-corrected chi connectivity index (χ2v) is 11.9. The Kier molecular flexibility index (Phi) is 9.05. The zero-order valence-corrected chi connectivity index (χ0v) is 23.8. The van der Waals surface area contributed by atoms with Gasteiger partial charge in [0.2, 0.25) is 5.91 Å². The van der Waals surface area contributed by atoms with Crippen molar-refractivity contribution < 1.29 is 9.59 Å². The molecule has 0 atom stereocenters. The normalized spacial score (nSPS) is 11.6.